The highest BCUT2D eigenvalue weighted by atomic mass is 35.5. The van der Waals surface area contributed by atoms with E-state index in [1.807, 2.05) is 0 Å². The number of fused-ring (bicyclic) bond motifs is 2. The molecule has 1 aromatic carbocycles. The third-order valence-corrected chi connectivity index (χ3v) is 4.81. The molecule has 0 aromatic heterocycles. The maximum absolute atomic E-state index is 5.22. The normalized spacial score (nSPS) is 27.7. The van der Waals surface area contributed by atoms with Crippen LogP contribution in [0, 0.1) is 0 Å². The number of hydrogen-bond acceptors (Lipinski definition) is 3. The van der Waals surface area contributed by atoms with Gasteiger partial charge in [0.1, 0.15) is 0 Å². The van der Waals surface area contributed by atoms with E-state index in [1.165, 1.54) is 36.8 Å². The average Bonchev–Trinajstić information content (AvgIpc) is 2.78. The largest absolute Gasteiger partial charge is 0.380 e. The standard InChI is InChI=1S/C17H26N2O.ClH/c1-19(17-9-15-6-7-16(10-17)18-15)11-13-4-3-5-14(8-13)12-20-2;/h3-5,8,15-18H,6-7,9-12H2,1-2H3;1H. The summed E-state index contributed by atoms with van der Waals surface area (Å²) in [4.78, 5) is 2.54. The molecule has 2 saturated heterocycles. The van der Waals surface area contributed by atoms with Gasteiger partial charge in [0.05, 0.1) is 6.61 Å². The molecule has 2 fully saturated rings. The molecule has 2 heterocycles. The summed E-state index contributed by atoms with van der Waals surface area (Å²) in [7, 11) is 4.03. The molecule has 3 rings (SSSR count). The molecule has 0 amide bonds. The Morgan fingerprint density at radius 1 is 1.19 bits per heavy atom. The minimum atomic E-state index is 0. The van der Waals surface area contributed by atoms with E-state index >= 15 is 0 Å². The number of benzene rings is 1. The molecule has 2 unspecified atom stereocenters. The highest BCUT2D eigenvalue weighted by Gasteiger charge is 2.34. The zero-order valence-electron chi connectivity index (χ0n) is 13.0. The Kier molecular flexibility index (Phi) is 6.06. The second-order valence-corrected chi connectivity index (χ2v) is 6.43. The van der Waals surface area contributed by atoms with Gasteiger partial charge in [-0.1, -0.05) is 24.3 Å². The van der Waals surface area contributed by atoms with Crippen molar-refractivity contribution in [1.29, 1.82) is 0 Å². The van der Waals surface area contributed by atoms with Gasteiger partial charge in [0.15, 0.2) is 0 Å². The van der Waals surface area contributed by atoms with Gasteiger partial charge >= 0.3 is 0 Å². The van der Waals surface area contributed by atoms with Crippen molar-refractivity contribution in [2.75, 3.05) is 14.2 Å². The molecule has 0 spiro atoms. The predicted molar refractivity (Wildman–Crippen MR) is 88.8 cm³/mol. The first-order valence-corrected chi connectivity index (χ1v) is 7.77. The van der Waals surface area contributed by atoms with Crippen LogP contribution in [-0.2, 0) is 17.9 Å². The molecule has 2 aliphatic rings. The SMILES string of the molecule is COCc1cccc(CN(C)C2CC3CCC(C2)N3)c1.Cl. The van der Waals surface area contributed by atoms with Crippen LogP contribution < -0.4 is 5.32 Å². The number of nitrogens with zero attached hydrogens (tertiary/aromatic N) is 1. The number of nitrogens with one attached hydrogen (secondary N) is 1. The average molecular weight is 311 g/mol. The van der Waals surface area contributed by atoms with Gasteiger partial charge in [-0.2, -0.15) is 0 Å². The summed E-state index contributed by atoms with van der Waals surface area (Å²) in [5.74, 6) is 0. The van der Waals surface area contributed by atoms with Gasteiger partial charge in [0.2, 0.25) is 0 Å². The Hall–Kier alpha value is -0.610. The number of methoxy groups -OCH3 is 1. The smallest absolute Gasteiger partial charge is 0.0713 e. The van der Waals surface area contributed by atoms with Crippen LogP contribution in [0.2, 0.25) is 0 Å². The Labute approximate surface area is 134 Å². The summed E-state index contributed by atoms with van der Waals surface area (Å²) in [5, 5.41) is 3.72. The number of piperidine rings is 1. The molecular weight excluding hydrogens is 284 g/mol. The van der Waals surface area contributed by atoms with Gasteiger partial charge in [-0.25, -0.2) is 0 Å². The lowest BCUT2D eigenvalue weighted by Crippen LogP contribution is -2.46. The molecule has 21 heavy (non-hydrogen) atoms. The maximum Gasteiger partial charge on any atom is 0.0713 e. The van der Waals surface area contributed by atoms with Crippen LogP contribution in [0.4, 0.5) is 0 Å². The molecular formula is C17H27ClN2O. The predicted octanol–water partition coefficient (Wildman–Crippen LogP) is 2.97. The molecule has 0 radical (unpaired) electrons. The number of hydrogen-bond donors (Lipinski definition) is 1. The number of ether oxygens (including phenoxy) is 1. The van der Waals surface area contributed by atoms with E-state index in [-0.39, 0.29) is 12.4 Å². The zero-order chi connectivity index (χ0) is 13.9. The molecule has 118 valence electrons. The topological polar surface area (TPSA) is 24.5 Å². The summed E-state index contributed by atoms with van der Waals surface area (Å²) >= 11 is 0. The lowest BCUT2D eigenvalue weighted by atomic mass is 9.98. The third kappa shape index (κ3) is 4.19. The summed E-state index contributed by atoms with van der Waals surface area (Å²) in [6.07, 6.45) is 5.37. The van der Waals surface area contributed by atoms with Crippen LogP contribution in [0.3, 0.4) is 0 Å². The van der Waals surface area contributed by atoms with Crippen LogP contribution in [0.1, 0.15) is 36.8 Å². The van der Waals surface area contributed by atoms with Gasteiger partial charge < -0.3 is 10.1 Å². The van der Waals surface area contributed by atoms with Crippen molar-refractivity contribution in [3.63, 3.8) is 0 Å². The molecule has 1 N–H and O–H groups in total. The fourth-order valence-electron chi connectivity index (χ4n) is 3.79. The van der Waals surface area contributed by atoms with Crippen molar-refractivity contribution in [2.45, 2.75) is 57.0 Å². The summed E-state index contributed by atoms with van der Waals surface area (Å²) in [6, 6.07) is 11.0. The van der Waals surface area contributed by atoms with Gasteiger partial charge in [0.25, 0.3) is 0 Å². The monoisotopic (exact) mass is 310 g/mol. The van der Waals surface area contributed by atoms with E-state index in [4.69, 9.17) is 4.74 Å². The van der Waals surface area contributed by atoms with E-state index < -0.39 is 0 Å². The number of halogens is 1. The Morgan fingerprint density at radius 3 is 2.52 bits per heavy atom. The summed E-state index contributed by atoms with van der Waals surface area (Å²) in [6.45, 7) is 1.75. The lowest BCUT2D eigenvalue weighted by Gasteiger charge is -2.35. The van der Waals surface area contributed by atoms with Crippen LogP contribution in [0.15, 0.2) is 24.3 Å². The second-order valence-electron chi connectivity index (χ2n) is 6.43. The molecule has 2 aliphatic heterocycles. The molecule has 2 bridgehead atoms. The van der Waals surface area contributed by atoms with Crippen molar-refractivity contribution in [2.24, 2.45) is 0 Å². The Morgan fingerprint density at radius 2 is 1.86 bits per heavy atom. The molecule has 0 saturated carbocycles. The molecule has 4 heteroatoms. The van der Waals surface area contributed by atoms with Gasteiger partial charge in [-0.05, 0) is 43.9 Å². The zero-order valence-corrected chi connectivity index (χ0v) is 13.9. The van der Waals surface area contributed by atoms with Crippen LogP contribution >= 0.6 is 12.4 Å². The molecule has 2 atom stereocenters. The van der Waals surface area contributed by atoms with Crippen molar-refractivity contribution in [3.05, 3.63) is 35.4 Å². The van der Waals surface area contributed by atoms with Crippen LogP contribution in [0.25, 0.3) is 0 Å². The van der Waals surface area contributed by atoms with E-state index in [2.05, 4.69) is 41.5 Å². The molecule has 0 aliphatic carbocycles. The summed E-state index contributed by atoms with van der Waals surface area (Å²) < 4.78 is 5.22. The van der Waals surface area contributed by atoms with Gasteiger partial charge in [0, 0.05) is 31.8 Å². The number of rotatable bonds is 5. The van der Waals surface area contributed by atoms with Crippen LogP contribution in [0.5, 0.6) is 0 Å². The van der Waals surface area contributed by atoms with Crippen LogP contribution in [-0.4, -0.2) is 37.2 Å². The fourth-order valence-corrected chi connectivity index (χ4v) is 3.79. The highest BCUT2D eigenvalue weighted by Crippen LogP contribution is 2.29. The van der Waals surface area contributed by atoms with Gasteiger partial charge in [-0.15, -0.1) is 12.4 Å². The minimum Gasteiger partial charge on any atom is -0.380 e. The second kappa shape index (κ2) is 7.59. The Balaban J connectivity index is 0.00000161. The van der Waals surface area contributed by atoms with E-state index in [0.29, 0.717) is 6.61 Å². The quantitative estimate of drug-likeness (QED) is 0.905. The fraction of sp³-hybridized carbons (Fsp3) is 0.647. The summed E-state index contributed by atoms with van der Waals surface area (Å²) in [5.41, 5.74) is 2.66. The third-order valence-electron chi connectivity index (χ3n) is 4.81. The first-order chi connectivity index (χ1) is 9.74. The van der Waals surface area contributed by atoms with Crippen molar-refractivity contribution < 1.29 is 4.74 Å². The van der Waals surface area contributed by atoms with Crippen molar-refractivity contribution >= 4 is 12.4 Å². The van der Waals surface area contributed by atoms with Crippen molar-refractivity contribution in [1.82, 2.24) is 10.2 Å². The van der Waals surface area contributed by atoms with E-state index in [1.54, 1.807) is 7.11 Å². The molecule has 1 aromatic rings. The molecule has 3 nitrogen and oxygen atoms in total. The highest BCUT2D eigenvalue weighted by molar-refractivity contribution is 5.85. The van der Waals surface area contributed by atoms with E-state index in [0.717, 1.165) is 24.7 Å². The van der Waals surface area contributed by atoms with Crippen molar-refractivity contribution in [3.8, 4) is 0 Å². The van der Waals surface area contributed by atoms with E-state index in [9.17, 15) is 0 Å². The van der Waals surface area contributed by atoms with Gasteiger partial charge in [-0.3, -0.25) is 4.90 Å². The lowest BCUT2D eigenvalue weighted by molar-refractivity contribution is 0.165. The first-order valence-electron chi connectivity index (χ1n) is 7.77. The first kappa shape index (κ1) is 16.8. The minimum absolute atomic E-state index is 0. The maximum atomic E-state index is 5.22. The Bertz CT molecular complexity index is 442.